The van der Waals surface area contributed by atoms with Gasteiger partial charge in [-0.05, 0) is 12.0 Å². The summed E-state index contributed by atoms with van der Waals surface area (Å²) in [6, 6.07) is 6.23. The van der Waals surface area contributed by atoms with Gasteiger partial charge in [0.05, 0.1) is 20.8 Å². The Morgan fingerprint density at radius 2 is 1.84 bits per heavy atom. The Kier molecular flexibility index (Phi) is 6.67. The highest BCUT2D eigenvalue weighted by molar-refractivity contribution is 5.46. The van der Waals surface area contributed by atoms with Gasteiger partial charge in [0.15, 0.2) is 11.5 Å². The van der Waals surface area contributed by atoms with Crippen LogP contribution in [0.25, 0.3) is 0 Å². The van der Waals surface area contributed by atoms with E-state index >= 15 is 0 Å². The molecule has 0 amide bonds. The van der Waals surface area contributed by atoms with Crippen LogP contribution < -0.4 is 14.8 Å². The Bertz CT molecular complexity index is 380. The standard InChI is InChI=1S/C15H25NO3/c1-11(2)13(10-17-3)16-9-12-7-6-8-14(18-4)15(12)19-5/h6-8,11,13,16H,9-10H2,1-5H3. The molecule has 0 aromatic heterocycles. The van der Waals surface area contributed by atoms with E-state index in [1.165, 1.54) is 0 Å². The zero-order chi connectivity index (χ0) is 14.3. The predicted octanol–water partition coefficient (Wildman–Crippen LogP) is 2.46. The van der Waals surface area contributed by atoms with Crippen molar-refractivity contribution in [2.24, 2.45) is 5.92 Å². The summed E-state index contributed by atoms with van der Waals surface area (Å²) in [6.45, 7) is 5.79. The molecular weight excluding hydrogens is 242 g/mol. The van der Waals surface area contributed by atoms with Crippen molar-refractivity contribution in [1.82, 2.24) is 5.32 Å². The van der Waals surface area contributed by atoms with Crippen LogP contribution in [0.15, 0.2) is 18.2 Å². The maximum Gasteiger partial charge on any atom is 0.165 e. The lowest BCUT2D eigenvalue weighted by molar-refractivity contribution is 0.146. The van der Waals surface area contributed by atoms with Gasteiger partial charge in [0.25, 0.3) is 0 Å². The molecule has 0 fully saturated rings. The van der Waals surface area contributed by atoms with Crippen LogP contribution in [-0.2, 0) is 11.3 Å². The van der Waals surface area contributed by atoms with Gasteiger partial charge >= 0.3 is 0 Å². The van der Waals surface area contributed by atoms with Gasteiger partial charge in [-0.3, -0.25) is 0 Å². The average Bonchev–Trinajstić information content (AvgIpc) is 2.42. The SMILES string of the molecule is COCC(NCc1cccc(OC)c1OC)C(C)C. The molecule has 19 heavy (non-hydrogen) atoms. The maximum atomic E-state index is 5.42. The molecule has 0 saturated heterocycles. The minimum atomic E-state index is 0.320. The molecule has 1 aromatic rings. The zero-order valence-electron chi connectivity index (χ0n) is 12.5. The molecule has 0 spiro atoms. The van der Waals surface area contributed by atoms with Crippen LogP contribution in [0.3, 0.4) is 0 Å². The van der Waals surface area contributed by atoms with Crippen molar-refractivity contribution in [1.29, 1.82) is 0 Å². The summed E-state index contributed by atoms with van der Waals surface area (Å²) in [5.74, 6) is 2.06. The number of para-hydroxylation sites is 1. The van der Waals surface area contributed by atoms with Crippen LogP contribution in [0.1, 0.15) is 19.4 Å². The second-order valence-corrected chi connectivity index (χ2v) is 4.84. The molecule has 4 nitrogen and oxygen atoms in total. The van der Waals surface area contributed by atoms with Gasteiger partial charge in [-0.25, -0.2) is 0 Å². The third kappa shape index (κ3) is 4.40. The molecule has 1 rings (SSSR count). The van der Waals surface area contributed by atoms with E-state index in [0.29, 0.717) is 18.6 Å². The van der Waals surface area contributed by atoms with Crippen molar-refractivity contribution in [2.45, 2.75) is 26.4 Å². The Balaban J connectivity index is 2.76. The molecule has 1 atom stereocenters. The van der Waals surface area contributed by atoms with Crippen LogP contribution in [0, 0.1) is 5.92 Å². The lowest BCUT2D eigenvalue weighted by Crippen LogP contribution is -2.37. The van der Waals surface area contributed by atoms with Crippen molar-refractivity contribution < 1.29 is 14.2 Å². The van der Waals surface area contributed by atoms with Gasteiger partial charge in [-0.15, -0.1) is 0 Å². The van der Waals surface area contributed by atoms with E-state index in [0.717, 1.165) is 23.6 Å². The Morgan fingerprint density at radius 3 is 2.37 bits per heavy atom. The topological polar surface area (TPSA) is 39.7 Å². The second kappa shape index (κ2) is 8.02. The number of hydrogen-bond donors (Lipinski definition) is 1. The van der Waals surface area contributed by atoms with Crippen molar-refractivity contribution in [3.63, 3.8) is 0 Å². The summed E-state index contributed by atoms with van der Waals surface area (Å²) in [4.78, 5) is 0. The van der Waals surface area contributed by atoms with Crippen LogP contribution in [0.4, 0.5) is 0 Å². The van der Waals surface area contributed by atoms with Gasteiger partial charge < -0.3 is 19.5 Å². The number of methoxy groups -OCH3 is 3. The van der Waals surface area contributed by atoms with E-state index in [2.05, 4.69) is 19.2 Å². The first-order chi connectivity index (χ1) is 9.13. The average molecular weight is 267 g/mol. The van der Waals surface area contributed by atoms with Crippen molar-refractivity contribution in [2.75, 3.05) is 27.9 Å². The quantitative estimate of drug-likeness (QED) is 0.785. The largest absolute Gasteiger partial charge is 0.493 e. The summed E-state index contributed by atoms with van der Waals surface area (Å²) >= 11 is 0. The molecule has 1 unspecified atom stereocenters. The van der Waals surface area contributed by atoms with Crippen LogP contribution in [0.2, 0.25) is 0 Å². The van der Waals surface area contributed by atoms with Gasteiger partial charge in [0, 0.05) is 25.3 Å². The smallest absolute Gasteiger partial charge is 0.165 e. The first kappa shape index (κ1) is 15.8. The van der Waals surface area contributed by atoms with Gasteiger partial charge in [-0.2, -0.15) is 0 Å². The number of hydrogen-bond acceptors (Lipinski definition) is 4. The summed E-state index contributed by atoms with van der Waals surface area (Å²) in [5.41, 5.74) is 1.09. The van der Waals surface area contributed by atoms with E-state index in [-0.39, 0.29) is 0 Å². The van der Waals surface area contributed by atoms with Crippen LogP contribution >= 0.6 is 0 Å². The number of rotatable bonds is 8. The molecule has 0 aliphatic heterocycles. The summed E-state index contributed by atoms with van der Waals surface area (Å²) in [5, 5.41) is 3.50. The normalized spacial score (nSPS) is 12.5. The van der Waals surface area contributed by atoms with Crippen molar-refractivity contribution in [3.8, 4) is 11.5 Å². The van der Waals surface area contributed by atoms with Gasteiger partial charge in [0.1, 0.15) is 0 Å². The molecule has 1 aromatic carbocycles. The lowest BCUT2D eigenvalue weighted by atomic mass is 10.0. The first-order valence-corrected chi connectivity index (χ1v) is 6.56. The molecule has 4 heteroatoms. The fraction of sp³-hybridized carbons (Fsp3) is 0.600. The minimum Gasteiger partial charge on any atom is -0.493 e. The highest BCUT2D eigenvalue weighted by atomic mass is 16.5. The van der Waals surface area contributed by atoms with E-state index in [1.54, 1.807) is 21.3 Å². The molecule has 108 valence electrons. The van der Waals surface area contributed by atoms with Gasteiger partial charge in [-0.1, -0.05) is 26.0 Å². The van der Waals surface area contributed by atoms with E-state index in [1.807, 2.05) is 18.2 Å². The molecule has 0 heterocycles. The predicted molar refractivity (Wildman–Crippen MR) is 76.9 cm³/mol. The first-order valence-electron chi connectivity index (χ1n) is 6.56. The molecule has 0 aliphatic carbocycles. The highest BCUT2D eigenvalue weighted by Gasteiger charge is 2.15. The third-order valence-electron chi connectivity index (χ3n) is 3.19. The number of nitrogens with one attached hydrogen (secondary N) is 1. The number of benzene rings is 1. The van der Waals surface area contributed by atoms with Crippen LogP contribution in [-0.4, -0.2) is 34.0 Å². The molecule has 0 aliphatic rings. The third-order valence-corrected chi connectivity index (χ3v) is 3.19. The van der Waals surface area contributed by atoms with Crippen LogP contribution in [0.5, 0.6) is 11.5 Å². The van der Waals surface area contributed by atoms with Crippen molar-refractivity contribution in [3.05, 3.63) is 23.8 Å². The number of ether oxygens (including phenoxy) is 3. The zero-order valence-corrected chi connectivity index (χ0v) is 12.5. The summed E-state index contributed by atoms with van der Waals surface area (Å²) in [6.07, 6.45) is 0. The maximum absolute atomic E-state index is 5.42. The molecule has 0 radical (unpaired) electrons. The Labute approximate surface area is 116 Å². The van der Waals surface area contributed by atoms with E-state index < -0.39 is 0 Å². The highest BCUT2D eigenvalue weighted by Crippen LogP contribution is 2.30. The fourth-order valence-electron chi connectivity index (χ4n) is 2.00. The summed E-state index contributed by atoms with van der Waals surface area (Å²) in [7, 11) is 5.04. The van der Waals surface area contributed by atoms with Gasteiger partial charge in [0.2, 0.25) is 0 Å². The van der Waals surface area contributed by atoms with E-state index in [9.17, 15) is 0 Å². The monoisotopic (exact) mass is 267 g/mol. The molecule has 0 saturated carbocycles. The Morgan fingerprint density at radius 1 is 1.11 bits per heavy atom. The van der Waals surface area contributed by atoms with Crippen molar-refractivity contribution >= 4 is 0 Å². The molecule has 0 bridgehead atoms. The second-order valence-electron chi connectivity index (χ2n) is 4.84. The Hall–Kier alpha value is -1.26. The van der Waals surface area contributed by atoms with E-state index in [4.69, 9.17) is 14.2 Å². The minimum absolute atomic E-state index is 0.320. The lowest BCUT2D eigenvalue weighted by Gasteiger charge is -2.22. The summed E-state index contributed by atoms with van der Waals surface area (Å²) < 4.78 is 16.0. The fourth-order valence-corrected chi connectivity index (χ4v) is 2.00. The molecule has 1 N–H and O–H groups in total. The molecular formula is C15H25NO3.